The number of nitrogens with zero attached hydrogens (tertiary/aromatic N) is 2. The molecule has 2 heterocycles. The summed E-state index contributed by atoms with van der Waals surface area (Å²) in [7, 11) is 0. The van der Waals surface area contributed by atoms with Crippen LogP contribution in [0.4, 0.5) is 0 Å². The Labute approximate surface area is 86.2 Å². The topological polar surface area (TPSA) is 69.5 Å². The molecule has 0 aromatic carbocycles. The highest BCUT2D eigenvalue weighted by Gasteiger charge is 2.01. The van der Waals surface area contributed by atoms with Crippen LogP contribution in [0.15, 0.2) is 23.1 Å². The normalized spacial score (nSPS) is 10.1. The Balaban J connectivity index is 2.68. The largest absolute Gasteiger partial charge is 0.320 e. The summed E-state index contributed by atoms with van der Waals surface area (Å²) >= 11 is 0. The van der Waals surface area contributed by atoms with E-state index in [1.807, 2.05) is 6.07 Å². The molecule has 0 saturated heterocycles. The van der Waals surface area contributed by atoms with Crippen LogP contribution in [0.1, 0.15) is 11.1 Å². The highest BCUT2D eigenvalue weighted by atomic mass is 16.1. The van der Waals surface area contributed by atoms with Crippen LogP contribution >= 0.6 is 0 Å². The first-order chi connectivity index (χ1) is 7.20. The molecule has 0 atom stereocenters. The van der Waals surface area contributed by atoms with E-state index in [0.717, 1.165) is 11.1 Å². The lowest BCUT2D eigenvalue weighted by atomic mass is 10.2. The second-order valence-electron chi connectivity index (χ2n) is 3.39. The van der Waals surface area contributed by atoms with E-state index in [4.69, 9.17) is 5.26 Å². The van der Waals surface area contributed by atoms with Gasteiger partial charge in [-0.25, -0.2) is 0 Å². The Morgan fingerprint density at radius 1 is 1.53 bits per heavy atom. The smallest absolute Gasteiger partial charge is 0.251 e. The first-order valence-electron chi connectivity index (χ1n) is 4.56. The summed E-state index contributed by atoms with van der Waals surface area (Å²) in [6.45, 7) is 1.74. The molecule has 2 rings (SSSR count). The van der Waals surface area contributed by atoms with E-state index in [0.29, 0.717) is 17.5 Å². The van der Waals surface area contributed by atoms with E-state index >= 15 is 0 Å². The molecular weight excluding hydrogens is 190 g/mol. The summed E-state index contributed by atoms with van der Waals surface area (Å²) in [6, 6.07) is 5.57. The van der Waals surface area contributed by atoms with Gasteiger partial charge in [0.15, 0.2) is 0 Å². The van der Waals surface area contributed by atoms with Crippen molar-refractivity contribution in [3.05, 3.63) is 39.8 Å². The predicted octanol–water partition coefficient (Wildman–Crippen LogP) is 1.30. The zero-order valence-corrected chi connectivity index (χ0v) is 8.24. The van der Waals surface area contributed by atoms with Gasteiger partial charge in [0.1, 0.15) is 0 Å². The van der Waals surface area contributed by atoms with Gasteiger partial charge in [0.25, 0.3) is 5.56 Å². The van der Waals surface area contributed by atoms with Crippen LogP contribution in [0.2, 0.25) is 0 Å². The molecule has 0 fully saturated rings. The molecule has 0 unspecified atom stereocenters. The fourth-order valence-electron chi connectivity index (χ4n) is 1.41. The van der Waals surface area contributed by atoms with Gasteiger partial charge in [-0.3, -0.25) is 9.78 Å². The molecule has 0 radical (unpaired) electrons. The molecule has 15 heavy (non-hydrogen) atoms. The number of nitrogens with one attached hydrogen (secondary N) is 1. The fourth-order valence-corrected chi connectivity index (χ4v) is 1.41. The Morgan fingerprint density at radius 3 is 3.07 bits per heavy atom. The molecule has 2 aromatic heterocycles. The van der Waals surface area contributed by atoms with Gasteiger partial charge in [-0.05, 0) is 24.6 Å². The van der Waals surface area contributed by atoms with Crippen LogP contribution < -0.4 is 5.56 Å². The van der Waals surface area contributed by atoms with Crippen LogP contribution in [0.25, 0.3) is 11.0 Å². The number of H-pyrrole nitrogens is 1. The number of hydrogen-bond acceptors (Lipinski definition) is 3. The minimum Gasteiger partial charge on any atom is -0.320 e. The van der Waals surface area contributed by atoms with Crippen molar-refractivity contribution in [2.75, 3.05) is 0 Å². The maximum Gasteiger partial charge on any atom is 0.251 e. The molecule has 0 aliphatic rings. The van der Waals surface area contributed by atoms with Gasteiger partial charge in [0, 0.05) is 11.8 Å². The summed E-state index contributed by atoms with van der Waals surface area (Å²) < 4.78 is 0. The zero-order chi connectivity index (χ0) is 10.8. The van der Waals surface area contributed by atoms with Crippen molar-refractivity contribution in [2.45, 2.75) is 13.3 Å². The van der Waals surface area contributed by atoms with E-state index in [2.05, 4.69) is 9.97 Å². The summed E-state index contributed by atoms with van der Waals surface area (Å²) in [4.78, 5) is 18.3. The van der Waals surface area contributed by atoms with Gasteiger partial charge in [-0.2, -0.15) is 5.26 Å². The lowest BCUT2D eigenvalue weighted by Crippen LogP contribution is -2.09. The Kier molecular flexibility index (Phi) is 2.22. The molecule has 4 nitrogen and oxygen atoms in total. The predicted molar refractivity (Wildman–Crippen MR) is 56.4 cm³/mol. The number of aromatic nitrogens is 2. The highest BCUT2D eigenvalue weighted by Crippen LogP contribution is 2.10. The van der Waals surface area contributed by atoms with Crippen molar-refractivity contribution in [3.8, 4) is 6.07 Å². The molecule has 0 amide bonds. The van der Waals surface area contributed by atoms with Crippen LogP contribution in [0.3, 0.4) is 0 Å². The second-order valence-corrected chi connectivity index (χ2v) is 3.39. The Hall–Kier alpha value is -2.15. The van der Waals surface area contributed by atoms with Crippen molar-refractivity contribution in [1.82, 2.24) is 9.97 Å². The minimum absolute atomic E-state index is 0.113. The maximum absolute atomic E-state index is 11.4. The quantitative estimate of drug-likeness (QED) is 0.752. The number of rotatable bonds is 1. The lowest BCUT2D eigenvalue weighted by Gasteiger charge is -2.00. The monoisotopic (exact) mass is 199 g/mol. The number of aryl methyl sites for hydroxylation is 1. The number of fused-ring (bicyclic) bond motifs is 1. The van der Waals surface area contributed by atoms with Crippen LogP contribution in [0, 0.1) is 18.3 Å². The van der Waals surface area contributed by atoms with E-state index in [-0.39, 0.29) is 5.56 Å². The van der Waals surface area contributed by atoms with Crippen molar-refractivity contribution in [1.29, 1.82) is 5.26 Å². The SMILES string of the molecule is Cc1cc2ncc(CC#N)cc2[nH]c1=O. The van der Waals surface area contributed by atoms with Crippen molar-refractivity contribution < 1.29 is 0 Å². The molecule has 0 spiro atoms. The van der Waals surface area contributed by atoms with Gasteiger partial charge < -0.3 is 4.98 Å². The third kappa shape index (κ3) is 1.72. The molecule has 0 aliphatic heterocycles. The maximum atomic E-state index is 11.4. The van der Waals surface area contributed by atoms with Crippen molar-refractivity contribution in [2.24, 2.45) is 0 Å². The fraction of sp³-hybridized carbons (Fsp3) is 0.182. The first kappa shape index (κ1) is 9.41. The summed E-state index contributed by atoms with van der Waals surface area (Å²) in [5.74, 6) is 0. The first-order valence-corrected chi connectivity index (χ1v) is 4.56. The molecule has 2 aromatic rings. The summed E-state index contributed by atoms with van der Waals surface area (Å²) in [5, 5.41) is 8.54. The zero-order valence-electron chi connectivity index (χ0n) is 8.24. The molecule has 0 bridgehead atoms. The molecule has 4 heteroatoms. The van der Waals surface area contributed by atoms with Crippen molar-refractivity contribution in [3.63, 3.8) is 0 Å². The number of aromatic amines is 1. The molecule has 0 saturated carbocycles. The van der Waals surface area contributed by atoms with E-state index < -0.39 is 0 Å². The number of pyridine rings is 2. The summed E-state index contributed by atoms with van der Waals surface area (Å²) in [6.07, 6.45) is 1.96. The van der Waals surface area contributed by atoms with Gasteiger partial charge in [0.2, 0.25) is 0 Å². The molecular formula is C11H9N3O. The van der Waals surface area contributed by atoms with Crippen LogP contribution in [-0.2, 0) is 6.42 Å². The lowest BCUT2D eigenvalue weighted by molar-refractivity contribution is 1.18. The number of nitriles is 1. The third-order valence-electron chi connectivity index (χ3n) is 2.22. The van der Waals surface area contributed by atoms with Gasteiger partial charge in [0.05, 0.1) is 23.5 Å². The third-order valence-corrected chi connectivity index (χ3v) is 2.22. The van der Waals surface area contributed by atoms with Gasteiger partial charge in [-0.1, -0.05) is 0 Å². The van der Waals surface area contributed by atoms with E-state index in [9.17, 15) is 4.79 Å². The molecule has 1 N–H and O–H groups in total. The second kappa shape index (κ2) is 3.54. The minimum atomic E-state index is -0.113. The number of hydrogen-bond donors (Lipinski definition) is 1. The average molecular weight is 199 g/mol. The molecule has 74 valence electrons. The Bertz CT molecular complexity index is 607. The Morgan fingerprint density at radius 2 is 2.33 bits per heavy atom. The standard InChI is InChI=1S/C11H9N3O/c1-7-4-9-10(14-11(7)15)5-8(2-3-12)6-13-9/h4-6H,2H2,1H3,(H,14,15). The van der Waals surface area contributed by atoms with Gasteiger partial charge >= 0.3 is 0 Å². The molecule has 0 aliphatic carbocycles. The summed E-state index contributed by atoms with van der Waals surface area (Å²) in [5.41, 5.74) is 2.76. The highest BCUT2D eigenvalue weighted by molar-refractivity contribution is 5.74. The van der Waals surface area contributed by atoms with Crippen LogP contribution in [-0.4, -0.2) is 9.97 Å². The van der Waals surface area contributed by atoms with Crippen molar-refractivity contribution >= 4 is 11.0 Å². The van der Waals surface area contributed by atoms with E-state index in [1.165, 1.54) is 0 Å². The van der Waals surface area contributed by atoms with E-state index in [1.54, 1.807) is 25.3 Å². The van der Waals surface area contributed by atoms with Gasteiger partial charge in [-0.15, -0.1) is 0 Å². The average Bonchev–Trinajstić information content (AvgIpc) is 2.21. The van der Waals surface area contributed by atoms with Crippen LogP contribution in [0.5, 0.6) is 0 Å².